The Kier molecular flexibility index (Phi) is 3.27. The van der Waals surface area contributed by atoms with Gasteiger partial charge in [0.05, 0.1) is 16.3 Å². The third kappa shape index (κ3) is 2.13. The van der Waals surface area contributed by atoms with Crippen LogP contribution >= 0.6 is 0 Å². The number of hydrogen-bond acceptors (Lipinski definition) is 4. The van der Waals surface area contributed by atoms with Crippen LogP contribution in [-0.4, -0.2) is 25.8 Å². The molecule has 0 saturated carbocycles. The first-order valence-electron chi connectivity index (χ1n) is 5.88. The molecule has 0 aliphatic heterocycles. The molecule has 1 aromatic heterocycles. The second kappa shape index (κ2) is 4.76. The standard InChI is InChI=1S/C13H13N3O4/c1-7-8(2)14-15(9(7)3)10-4-5-12(16(19)20)11(6-10)13(17)18/h4-6H,1-3H3,(H,17,18). The fourth-order valence-corrected chi connectivity index (χ4v) is 1.96. The lowest BCUT2D eigenvalue weighted by Gasteiger charge is -2.06. The Balaban J connectivity index is 2.65. The first-order chi connectivity index (χ1) is 9.32. The van der Waals surface area contributed by atoms with E-state index in [1.165, 1.54) is 18.2 Å². The van der Waals surface area contributed by atoms with Crippen LogP contribution in [0.25, 0.3) is 5.69 Å². The monoisotopic (exact) mass is 275 g/mol. The molecule has 1 N–H and O–H groups in total. The molecule has 7 heteroatoms. The third-order valence-corrected chi connectivity index (χ3v) is 3.30. The van der Waals surface area contributed by atoms with Gasteiger partial charge in [0.25, 0.3) is 5.69 Å². The van der Waals surface area contributed by atoms with Crippen LogP contribution in [0.5, 0.6) is 0 Å². The van der Waals surface area contributed by atoms with Crippen LogP contribution in [0.2, 0.25) is 0 Å². The number of rotatable bonds is 3. The van der Waals surface area contributed by atoms with Gasteiger partial charge in [0.2, 0.25) is 0 Å². The maximum Gasteiger partial charge on any atom is 0.342 e. The molecule has 0 spiro atoms. The Morgan fingerprint density at radius 1 is 1.35 bits per heavy atom. The van der Waals surface area contributed by atoms with Crippen LogP contribution < -0.4 is 0 Å². The number of carboxylic acid groups (broad SMARTS) is 1. The Bertz CT molecular complexity index is 719. The second-order valence-corrected chi connectivity index (χ2v) is 4.47. The van der Waals surface area contributed by atoms with E-state index >= 15 is 0 Å². The highest BCUT2D eigenvalue weighted by atomic mass is 16.6. The van der Waals surface area contributed by atoms with Crippen LogP contribution in [0.15, 0.2) is 18.2 Å². The molecule has 0 atom stereocenters. The van der Waals surface area contributed by atoms with Crippen LogP contribution in [0.1, 0.15) is 27.3 Å². The lowest BCUT2D eigenvalue weighted by atomic mass is 10.1. The number of nitrogens with zero attached hydrogens (tertiary/aromatic N) is 3. The molecule has 0 aliphatic carbocycles. The van der Waals surface area contributed by atoms with E-state index in [4.69, 9.17) is 5.11 Å². The van der Waals surface area contributed by atoms with Gasteiger partial charge in [-0.15, -0.1) is 0 Å². The van der Waals surface area contributed by atoms with Crippen molar-refractivity contribution in [3.8, 4) is 5.69 Å². The Morgan fingerprint density at radius 2 is 2.00 bits per heavy atom. The summed E-state index contributed by atoms with van der Waals surface area (Å²) < 4.78 is 1.58. The molecule has 0 amide bonds. The van der Waals surface area contributed by atoms with Crippen LogP contribution in [-0.2, 0) is 0 Å². The van der Waals surface area contributed by atoms with E-state index in [9.17, 15) is 14.9 Å². The summed E-state index contributed by atoms with van der Waals surface area (Å²) in [4.78, 5) is 21.2. The number of aromatic nitrogens is 2. The van der Waals surface area contributed by atoms with Gasteiger partial charge < -0.3 is 5.11 Å². The Hall–Kier alpha value is -2.70. The summed E-state index contributed by atoms with van der Waals surface area (Å²) in [5.74, 6) is -1.34. The summed E-state index contributed by atoms with van der Waals surface area (Å²) >= 11 is 0. The van der Waals surface area contributed by atoms with Crippen LogP contribution in [0, 0.1) is 30.9 Å². The molecule has 0 unspecified atom stereocenters. The summed E-state index contributed by atoms with van der Waals surface area (Å²) in [5.41, 5.74) is 2.41. The molecule has 0 saturated heterocycles. The summed E-state index contributed by atoms with van der Waals surface area (Å²) in [7, 11) is 0. The van der Waals surface area contributed by atoms with Crippen molar-refractivity contribution >= 4 is 11.7 Å². The number of hydrogen-bond donors (Lipinski definition) is 1. The van der Waals surface area contributed by atoms with Crippen LogP contribution in [0.3, 0.4) is 0 Å². The molecule has 2 rings (SSSR count). The molecule has 7 nitrogen and oxygen atoms in total. The molecule has 0 aliphatic rings. The molecular formula is C13H13N3O4. The van der Waals surface area contributed by atoms with Crippen molar-refractivity contribution in [2.45, 2.75) is 20.8 Å². The summed E-state index contributed by atoms with van der Waals surface area (Å²) in [6.07, 6.45) is 0. The average molecular weight is 275 g/mol. The van der Waals surface area contributed by atoms with E-state index < -0.39 is 16.6 Å². The van der Waals surface area contributed by atoms with Crippen molar-refractivity contribution in [2.75, 3.05) is 0 Å². The molecule has 1 heterocycles. The van der Waals surface area contributed by atoms with Gasteiger partial charge in [0.15, 0.2) is 0 Å². The van der Waals surface area contributed by atoms with E-state index in [0.717, 1.165) is 17.0 Å². The third-order valence-electron chi connectivity index (χ3n) is 3.30. The van der Waals surface area contributed by atoms with E-state index in [2.05, 4.69) is 5.10 Å². The van der Waals surface area contributed by atoms with E-state index in [1.54, 1.807) is 4.68 Å². The van der Waals surface area contributed by atoms with Gasteiger partial charge in [-0.25, -0.2) is 9.48 Å². The lowest BCUT2D eigenvalue weighted by Crippen LogP contribution is -2.06. The minimum absolute atomic E-state index is 0.349. The smallest absolute Gasteiger partial charge is 0.342 e. The zero-order valence-corrected chi connectivity index (χ0v) is 11.2. The largest absolute Gasteiger partial charge is 0.477 e. The number of nitro groups is 1. The van der Waals surface area contributed by atoms with Crippen LogP contribution in [0.4, 0.5) is 5.69 Å². The fourth-order valence-electron chi connectivity index (χ4n) is 1.96. The Morgan fingerprint density at radius 3 is 2.45 bits per heavy atom. The molecule has 104 valence electrons. The van der Waals surface area contributed by atoms with Gasteiger partial charge in [0.1, 0.15) is 5.56 Å². The number of carbonyl (C=O) groups is 1. The molecule has 0 radical (unpaired) electrons. The molecule has 20 heavy (non-hydrogen) atoms. The molecule has 1 aromatic carbocycles. The molecule has 2 aromatic rings. The minimum atomic E-state index is -1.34. The van der Waals surface area contributed by atoms with Gasteiger partial charge in [-0.05, 0) is 38.5 Å². The van der Waals surface area contributed by atoms with E-state index in [1.807, 2.05) is 20.8 Å². The number of aryl methyl sites for hydroxylation is 1. The fraction of sp³-hybridized carbons (Fsp3) is 0.231. The van der Waals surface area contributed by atoms with Crippen molar-refractivity contribution in [2.24, 2.45) is 0 Å². The van der Waals surface area contributed by atoms with Gasteiger partial charge in [-0.3, -0.25) is 10.1 Å². The zero-order valence-electron chi connectivity index (χ0n) is 11.2. The van der Waals surface area contributed by atoms with Gasteiger partial charge in [-0.2, -0.15) is 5.10 Å². The summed E-state index contributed by atoms with van der Waals surface area (Å²) in [6.45, 7) is 5.62. The van der Waals surface area contributed by atoms with Crippen molar-refractivity contribution < 1.29 is 14.8 Å². The van der Waals surface area contributed by atoms with Gasteiger partial charge >= 0.3 is 5.97 Å². The van der Waals surface area contributed by atoms with Crippen molar-refractivity contribution in [1.82, 2.24) is 9.78 Å². The molecular weight excluding hydrogens is 262 g/mol. The maximum atomic E-state index is 11.1. The van der Waals surface area contributed by atoms with E-state index in [-0.39, 0.29) is 5.56 Å². The number of carboxylic acids is 1. The highest BCUT2D eigenvalue weighted by Crippen LogP contribution is 2.24. The second-order valence-electron chi connectivity index (χ2n) is 4.47. The number of aromatic carboxylic acids is 1. The van der Waals surface area contributed by atoms with E-state index in [0.29, 0.717) is 5.69 Å². The average Bonchev–Trinajstić information content (AvgIpc) is 2.65. The summed E-state index contributed by atoms with van der Waals surface area (Å²) in [5, 5.41) is 24.2. The molecule has 0 fully saturated rings. The van der Waals surface area contributed by atoms with Gasteiger partial charge in [0, 0.05) is 11.8 Å². The predicted octanol–water partition coefficient (Wildman–Crippen LogP) is 2.40. The highest BCUT2D eigenvalue weighted by Gasteiger charge is 2.21. The topological polar surface area (TPSA) is 98.3 Å². The predicted molar refractivity (Wildman–Crippen MR) is 71.4 cm³/mol. The maximum absolute atomic E-state index is 11.1. The highest BCUT2D eigenvalue weighted by molar-refractivity contribution is 5.93. The zero-order chi connectivity index (χ0) is 15.0. The summed E-state index contributed by atoms with van der Waals surface area (Å²) in [6, 6.07) is 3.94. The van der Waals surface area contributed by atoms with Gasteiger partial charge in [-0.1, -0.05) is 0 Å². The van der Waals surface area contributed by atoms with Crippen molar-refractivity contribution in [3.05, 3.63) is 50.8 Å². The quantitative estimate of drug-likeness (QED) is 0.685. The normalized spacial score (nSPS) is 10.6. The minimum Gasteiger partial charge on any atom is -0.477 e. The first-order valence-corrected chi connectivity index (χ1v) is 5.88. The number of nitro benzene ring substituents is 1. The molecule has 0 bridgehead atoms. The number of benzene rings is 1. The lowest BCUT2D eigenvalue weighted by molar-refractivity contribution is -0.385. The van der Waals surface area contributed by atoms with Crippen molar-refractivity contribution in [1.29, 1.82) is 0 Å². The van der Waals surface area contributed by atoms with Crippen molar-refractivity contribution in [3.63, 3.8) is 0 Å². The Labute approximate surface area is 114 Å². The SMILES string of the molecule is Cc1nn(-c2ccc([N+](=O)[O-])c(C(=O)O)c2)c(C)c1C. The first kappa shape index (κ1) is 13.7.